The molecule has 4 atom stereocenters. The van der Waals surface area contributed by atoms with Crippen molar-refractivity contribution in [1.29, 1.82) is 0 Å². The number of carbonyl (C=O) groups is 6. The average molecular weight is 790 g/mol. The maximum atomic E-state index is 13.5. The number of rotatable bonds is 8. The number of nitrogens with one attached hydrogen (secondary N) is 2. The molecular weight excluding hydrogens is 743 g/mol. The molecular formula is C41H47N11O6. The van der Waals surface area contributed by atoms with Gasteiger partial charge in [-0.1, -0.05) is 0 Å². The Hall–Kier alpha value is -6.26. The number of nitrogens with zero attached hydrogens (tertiary/aromatic N) is 8. The minimum absolute atomic E-state index is 0.0487. The van der Waals surface area contributed by atoms with E-state index in [-0.39, 0.29) is 47.6 Å². The number of piperidine rings is 4. The van der Waals surface area contributed by atoms with E-state index in [9.17, 15) is 28.8 Å². The van der Waals surface area contributed by atoms with E-state index in [1.54, 1.807) is 23.2 Å². The van der Waals surface area contributed by atoms with Gasteiger partial charge in [0.2, 0.25) is 11.8 Å². The molecule has 2 aromatic carbocycles. The summed E-state index contributed by atoms with van der Waals surface area (Å²) in [5.41, 5.74) is 9.02. The number of hydrogen-bond acceptors (Lipinski definition) is 12. The van der Waals surface area contributed by atoms with Crippen LogP contribution in [0.15, 0.2) is 48.7 Å². The highest BCUT2D eigenvalue weighted by atomic mass is 16.2. The molecule has 0 spiro atoms. The number of aromatic nitrogens is 2. The first-order valence-corrected chi connectivity index (χ1v) is 20.2. The van der Waals surface area contributed by atoms with E-state index in [1.807, 2.05) is 30.1 Å². The largest absolute Gasteiger partial charge is 0.371 e. The molecule has 7 amide bonds. The molecule has 6 aliphatic rings. The number of nitrogens with two attached hydrogens (primary N) is 1. The number of primary amides is 1. The van der Waals surface area contributed by atoms with Crippen molar-refractivity contribution >= 4 is 64.3 Å². The zero-order valence-electron chi connectivity index (χ0n) is 32.4. The fourth-order valence-electron chi connectivity index (χ4n) is 9.60. The van der Waals surface area contributed by atoms with E-state index < -0.39 is 35.6 Å². The second-order valence-electron chi connectivity index (χ2n) is 16.3. The van der Waals surface area contributed by atoms with Crippen LogP contribution in [0.1, 0.15) is 69.7 Å². The molecule has 0 radical (unpaired) electrons. The highest BCUT2D eigenvalue weighted by Crippen LogP contribution is 2.38. The van der Waals surface area contributed by atoms with Gasteiger partial charge >= 0.3 is 6.03 Å². The van der Waals surface area contributed by atoms with Crippen molar-refractivity contribution in [3.8, 4) is 0 Å². The lowest BCUT2D eigenvalue weighted by Crippen LogP contribution is -2.54. The number of likely N-dealkylation sites (N-methyl/N-ethyl adjacent to an activating group) is 1. The molecule has 1 aromatic heterocycles. The number of fused-ring (bicyclic) bond motifs is 2. The van der Waals surface area contributed by atoms with Crippen molar-refractivity contribution in [2.45, 2.75) is 50.6 Å². The van der Waals surface area contributed by atoms with Crippen molar-refractivity contribution < 1.29 is 28.8 Å². The van der Waals surface area contributed by atoms with Gasteiger partial charge in [-0.2, -0.15) is 0 Å². The van der Waals surface area contributed by atoms with Gasteiger partial charge in [0, 0.05) is 82.9 Å². The number of hydrogen-bond donors (Lipinski definition) is 3. The van der Waals surface area contributed by atoms with Crippen LogP contribution in [-0.2, 0) is 9.59 Å². The van der Waals surface area contributed by atoms with Crippen molar-refractivity contribution in [3.63, 3.8) is 0 Å². The molecule has 0 aliphatic carbocycles. The summed E-state index contributed by atoms with van der Waals surface area (Å²) in [5.74, 6) is -0.867. The van der Waals surface area contributed by atoms with Gasteiger partial charge in [0.25, 0.3) is 17.7 Å². The molecule has 6 aliphatic heterocycles. The molecule has 302 valence electrons. The van der Waals surface area contributed by atoms with E-state index in [2.05, 4.69) is 42.5 Å². The SMILES string of the molecule is CN1CCN([C@@H]2CCCN(c3cnc(C(N)=O)c(Nc4ccc(N5CC[C@@H]6CCN(c7ccc8c(c7)C(=O)N(C7CCC(=O)NC7=O)C8=O)C[C@@H]6C5)cc4)n3)C2)C1=O. The highest BCUT2D eigenvalue weighted by Gasteiger charge is 2.45. The van der Waals surface area contributed by atoms with Gasteiger partial charge < -0.3 is 35.6 Å². The van der Waals surface area contributed by atoms with Crippen LogP contribution in [0.2, 0.25) is 0 Å². The molecule has 0 saturated carbocycles. The molecule has 17 heteroatoms. The lowest BCUT2D eigenvalue weighted by atomic mass is 9.79. The van der Waals surface area contributed by atoms with Crippen LogP contribution in [0.25, 0.3) is 0 Å². The minimum atomic E-state index is -0.995. The second kappa shape index (κ2) is 14.9. The first kappa shape index (κ1) is 37.3. The number of anilines is 5. The third kappa shape index (κ3) is 6.81. The summed E-state index contributed by atoms with van der Waals surface area (Å²) in [6, 6.07) is 12.5. The van der Waals surface area contributed by atoms with Crippen molar-refractivity contribution in [2.24, 2.45) is 17.6 Å². The first-order valence-electron chi connectivity index (χ1n) is 20.2. The third-order valence-corrected chi connectivity index (χ3v) is 12.8. The average Bonchev–Trinajstić information content (AvgIpc) is 3.70. The van der Waals surface area contributed by atoms with E-state index >= 15 is 0 Å². The van der Waals surface area contributed by atoms with Gasteiger partial charge in [0.15, 0.2) is 11.5 Å². The summed E-state index contributed by atoms with van der Waals surface area (Å²) in [4.78, 5) is 96.7. The summed E-state index contributed by atoms with van der Waals surface area (Å²) in [6.07, 6.45) is 5.67. The summed E-state index contributed by atoms with van der Waals surface area (Å²) < 4.78 is 0. The Bertz CT molecular complexity index is 2200. The van der Waals surface area contributed by atoms with Crippen LogP contribution in [0, 0.1) is 11.8 Å². The number of carbonyl (C=O) groups excluding carboxylic acids is 6. The molecule has 9 rings (SSSR count). The Morgan fingerprint density at radius 2 is 1.52 bits per heavy atom. The molecule has 5 saturated heterocycles. The van der Waals surface area contributed by atoms with Gasteiger partial charge in [-0.05, 0) is 86.4 Å². The molecule has 58 heavy (non-hydrogen) atoms. The van der Waals surface area contributed by atoms with E-state index in [1.165, 1.54) is 0 Å². The molecule has 1 unspecified atom stereocenters. The first-order chi connectivity index (χ1) is 28.0. The quantitative estimate of drug-likeness (QED) is 0.283. The van der Waals surface area contributed by atoms with Crippen LogP contribution in [0.3, 0.4) is 0 Å². The van der Waals surface area contributed by atoms with Gasteiger partial charge in [-0.25, -0.2) is 14.8 Å². The summed E-state index contributed by atoms with van der Waals surface area (Å²) in [5, 5.41) is 5.53. The molecule has 5 fully saturated rings. The summed E-state index contributed by atoms with van der Waals surface area (Å²) in [6.45, 7) is 6.24. The predicted octanol–water partition coefficient (Wildman–Crippen LogP) is 2.41. The molecule has 17 nitrogen and oxygen atoms in total. The fraction of sp³-hybridized carbons (Fsp3) is 0.463. The van der Waals surface area contributed by atoms with Crippen molar-refractivity contribution in [2.75, 3.05) is 79.4 Å². The normalized spacial score (nSPS) is 24.9. The van der Waals surface area contributed by atoms with Crippen LogP contribution < -0.4 is 31.1 Å². The van der Waals surface area contributed by atoms with Crippen LogP contribution in [-0.4, -0.2) is 132 Å². The predicted molar refractivity (Wildman–Crippen MR) is 214 cm³/mol. The van der Waals surface area contributed by atoms with Gasteiger partial charge in [0.05, 0.1) is 23.4 Å². The highest BCUT2D eigenvalue weighted by molar-refractivity contribution is 6.23. The van der Waals surface area contributed by atoms with E-state index in [0.717, 1.165) is 80.4 Å². The maximum Gasteiger partial charge on any atom is 0.320 e. The monoisotopic (exact) mass is 789 g/mol. The van der Waals surface area contributed by atoms with Gasteiger partial charge in [-0.3, -0.25) is 34.2 Å². The van der Waals surface area contributed by atoms with Gasteiger partial charge in [-0.15, -0.1) is 0 Å². The van der Waals surface area contributed by atoms with Gasteiger partial charge in [0.1, 0.15) is 11.9 Å². The maximum absolute atomic E-state index is 13.5. The Labute approximate surface area is 335 Å². The van der Waals surface area contributed by atoms with Crippen LogP contribution in [0.5, 0.6) is 0 Å². The van der Waals surface area contributed by atoms with Crippen molar-refractivity contribution in [3.05, 3.63) is 65.5 Å². The lowest BCUT2D eigenvalue weighted by Gasteiger charge is -2.46. The van der Waals surface area contributed by atoms with Crippen LogP contribution in [0.4, 0.5) is 33.5 Å². The molecule has 3 aromatic rings. The Kier molecular flexibility index (Phi) is 9.60. The van der Waals surface area contributed by atoms with E-state index in [4.69, 9.17) is 10.7 Å². The zero-order chi connectivity index (χ0) is 40.2. The minimum Gasteiger partial charge on any atom is -0.371 e. The Morgan fingerprint density at radius 3 is 2.22 bits per heavy atom. The number of imide groups is 2. The fourth-order valence-corrected chi connectivity index (χ4v) is 9.60. The van der Waals surface area contributed by atoms with E-state index in [0.29, 0.717) is 37.3 Å². The molecule has 4 N–H and O–H groups in total. The Balaban J connectivity index is 0.852. The lowest BCUT2D eigenvalue weighted by molar-refractivity contribution is -0.136. The Morgan fingerprint density at radius 1 is 0.793 bits per heavy atom. The zero-order valence-corrected chi connectivity index (χ0v) is 32.4. The topological polar surface area (TPSA) is 198 Å². The number of amides is 7. The summed E-state index contributed by atoms with van der Waals surface area (Å²) >= 11 is 0. The number of urea groups is 1. The molecule has 7 heterocycles. The van der Waals surface area contributed by atoms with Crippen molar-refractivity contribution in [1.82, 2.24) is 30.0 Å². The number of benzene rings is 2. The third-order valence-electron chi connectivity index (χ3n) is 12.8. The second-order valence-corrected chi connectivity index (χ2v) is 16.3. The summed E-state index contributed by atoms with van der Waals surface area (Å²) in [7, 11) is 1.82. The smallest absolute Gasteiger partial charge is 0.320 e. The van der Waals surface area contributed by atoms with Crippen LogP contribution >= 0.6 is 0 Å². The molecule has 0 bridgehead atoms. The standard InChI is InChI=1S/C41H47N11O6/c1-47-17-18-51(41(47)58)29-3-2-14-50(23-29)33-20-43-35(36(42)54)37(45-33)44-26-4-6-27(7-5-26)48-15-12-24-13-16-49(22-25(24)21-48)28-8-9-30-31(19-28)40(57)52(39(30)56)32-10-11-34(53)46-38(32)55/h4-9,19-20,24-25,29,32H,2-3,10-18,21-23H2,1H3,(H2,42,54)(H,44,45)(H,46,53,55)/t24-,25+,29-,32?/m1/s1.